The fourth-order valence-corrected chi connectivity index (χ4v) is 3.34. The molecule has 0 amide bonds. The molecule has 5 aromatic rings. The molecule has 0 aliphatic carbocycles. The van der Waals surface area contributed by atoms with E-state index in [1.54, 1.807) is 49.1 Å². The standard InChI is InChI=1S/C19H14ClN9O/c20-12-2-1-3-13-15(12)19(30)29(28-11-4-6-21-7-5-11)14(27-13)8-22-17-16-18(24-9-23-16)26-10-25-17/h1-7,9-10H,8H2,(H,21,28)(H2,22,23,24,25,26). The second-order valence-corrected chi connectivity index (χ2v) is 6.73. The van der Waals surface area contributed by atoms with Crippen LogP contribution in [0.4, 0.5) is 11.5 Å². The van der Waals surface area contributed by atoms with E-state index in [9.17, 15) is 4.79 Å². The molecule has 3 N–H and O–H groups in total. The van der Waals surface area contributed by atoms with E-state index in [0.29, 0.717) is 44.4 Å². The van der Waals surface area contributed by atoms with Crippen molar-refractivity contribution in [1.29, 1.82) is 0 Å². The summed E-state index contributed by atoms with van der Waals surface area (Å²) >= 11 is 6.28. The molecule has 0 fully saturated rings. The first-order chi connectivity index (χ1) is 14.7. The number of aromatic amines is 1. The van der Waals surface area contributed by atoms with E-state index in [0.717, 1.165) is 0 Å². The largest absolute Gasteiger partial charge is 0.361 e. The van der Waals surface area contributed by atoms with Crippen molar-refractivity contribution < 1.29 is 0 Å². The van der Waals surface area contributed by atoms with Crippen LogP contribution in [-0.2, 0) is 6.54 Å². The Morgan fingerprint density at radius 3 is 2.83 bits per heavy atom. The van der Waals surface area contributed by atoms with Crippen molar-refractivity contribution in [3.8, 4) is 0 Å². The summed E-state index contributed by atoms with van der Waals surface area (Å²) in [6, 6.07) is 8.67. The molecule has 0 unspecified atom stereocenters. The average molecular weight is 420 g/mol. The third-order valence-corrected chi connectivity index (χ3v) is 4.79. The van der Waals surface area contributed by atoms with Gasteiger partial charge in [0.1, 0.15) is 11.8 Å². The Morgan fingerprint density at radius 1 is 1.10 bits per heavy atom. The summed E-state index contributed by atoms with van der Waals surface area (Å²) in [5.41, 5.74) is 5.16. The highest BCUT2D eigenvalue weighted by molar-refractivity contribution is 6.35. The van der Waals surface area contributed by atoms with Gasteiger partial charge in [0.25, 0.3) is 5.56 Å². The summed E-state index contributed by atoms with van der Waals surface area (Å²) in [7, 11) is 0. The van der Waals surface area contributed by atoms with Crippen LogP contribution in [0.5, 0.6) is 0 Å². The number of hydrogen-bond donors (Lipinski definition) is 3. The van der Waals surface area contributed by atoms with E-state index in [1.165, 1.54) is 11.0 Å². The molecular formula is C19H14ClN9O. The summed E-state index contributed by atoms with van der Waals surface area (Å²) in [5, 5.41) is 3.87. The summed E-state index contributed by atoms with van der Waals surface area (Å²) in [6.07, 6.45) is 6.22. The van der Waals surface area contributed by atoms with Gasteiger partial charge in [-0.15, -0.1) is 0 Å². The van der Waals surface area contributed by atoms with Gasteiger partial charge >= 0.3 is 0 Å². The third kappa shape index (κ3) is 3.18. The van der Waals surface area contributed by atoms with Gasteiger partial charge in [-0.25, -0.2) is 24.6 Å². The van der Waals surface area contributed by atoms with Crippen LogP contribution in [0.2, 0.25) is 5.02 Å². The first-order valence-electron chi connectivity index (χ1n) is 8.96. The number of nitrogens with zero attached hydrogens (tertiary/aromatic N) is 6. The summed E-state index contributed by atoms with van der Waals surface area (Å²) < 4.78 is 1.36. The Bertz CT molecular complexity index is 1410. The second-order valence-electron chi connectivity index (χ2n) is 6.33. The zero-order valence-electron chi connectivity index (χ0n) is 15.4. The number of aromatic nitrogens is 7. The van der Waals surface area contributed by atoms with Crippen LogP contribution in [0.1, 0.15) is 5.82 Å². The van der Waals surface area contributed by atoms with Crippen LogP contribution >= 0.6 is 11.6 Å². The van der Waals surface area contributed by atoms with Gasteiger partial charge in [0.2, 0.25) is 0 Å². The van der Waals surface area contributed by atoms with Crippen molar-refractivity contribution in [2.75, 3.05) is 10.7 Å². The maximum absolute atomic E-state index is 13.2. The highest BCUT2D eigenvalue weighted by Gasteiger charge is 2.15. The molecule has 10 nitrogen and oxygen atoms in total. The van der Waals surface area contributed by atoms with Crippen molar-refractivity contribution in [3.05, 3.63) is 76.6 Å². The van der Waals surface area contributed by atoms with Crippen LogP contribution in [0.3, 0.4) is 0 Å². The Labute approximate surface area is 174 Å². The lowest BCUT2D eigenvalue weighted by Gasteiger charge is -2.16. The zero-order chi connectivity index (χ0) is 20.5. The van der Waals surface area contributed by atoms with Gasteiger partial charge in [0, 0.05) is 12.4 Å². The number of nitrogens with one attached hydrogen (secondary N) is 3. The van der Waals surface area contributed by atoms with E-state index in [4.69, 9.17) is 11.6 Å². The highest BCUT2D eigenvalue weighted by atomic mass is 35.5. The van der Waals surface area contributed by atoms with Crippen molar-refractivity contribution in [2.24, 2.45) is 0 Å². The normalized spacial score (nSPS) is 11.1. The Balaban J connectivity index is 1.59. The first-order valence-corrected chi connectivity index (χ1v) is 9.33. The fraction of sp³-hybridized carbons (Fsp3) is 0.0526. The molecule has 0 spiro atoms. The molecular weight excluding hydrogens is 406 g/mol. The molecule has 4 aromatic heterocycles. The molecule has 0 radical (unpaired) electrons. The fourth-order valence-electron chi connectivity index (χ4n) is 3.09. The van der Waals surface area contributed by atoms with Crippen LogP contribution < -0.4 is 16.3 Å². The molecule has 0 saturated heterocycles. The first kappa shape index (κ1) is 18.0. The molecule has 5 rings (SSSR count). The van der Waals surface area contributed by atoms with Crippen LogP contribution in [0.15, 0.2) is 60.2 Å². The molecule has 4 heterocycles. The topological polar surface area (TPSA) is 126 Å². The number of fused-ring (bicyclic) bond motifs is 2. The number of rotatable bonds is 5. The smallest absolute Gasteiger partial charge is 0.281 e. The van der Waals surface area contributed by atoms with Gasteiger partial charge in [-0.2, -0.15) is 0 Å². The molecule has 0 bridgehead atoms. The van der Waals surface area contributed by atoms with E-state index >= 15 is 0 Å². The Hall–Kier alpha value is -4.05. The van der Waals surface area contributed by atoms with Crippen molar-refractivity contribution in [2.45, 2.75) is 6.54 Å². The average Bonchev–Trinajstić information content (AvgIpc) is 3.25. The quantitative estimate of drug-likeness (QED) is 0.397. The predicted octanol–water partition coefficient (Wildman–Crippen LogP) is 2.60. The van der Waals surface area contributed by atoms with Crippen LogP contribution in [0, 0.1) is 0 Å². The molecule has 0 saturated carbocycles. The van der Waals surface area contributed by atoms with Crippen molar-refractivity contribution >= 4 is 45.2 Å². The molecule has 1 aromatic carbocycles. The predicted molar refractivity (Wildman–Crippen MR) is 113 cm³/mol. The third-order valence-electron chi connectivity index (χ3n) is 4.47. The molecule has 30 heavy (non-hydrogen) atoms. The van der Waals surface area contributed by atoms with Gasteiger partial charge in [-0.3, -0.25) is 15.2 Å². The van der Waals surface area contributed by atoms with Crippen molar-refractivity contribution in [1.82, 2.24) is 34.6 Å². The number of imidazole rings is 1. The van der Waals surface area contributed by atoms with Gasteiger partial charge in [0.05, 0.1) is 34.5 Å². The van der Waals surface area contributed by atoms with Gasteiger partial charge < -0.3 is 10.3 Å². The lowest BCUT2D eigenvalue weighted by atomic mass is 10.2. The molecule has 11 heteroatoms. The lowest BCUT2D eigenvalue weighted by Crippen LogP contribution is -2.32. The zero-order valence-corrected chi connectivity index (χ0v) is 16.1. The Morgan fingerprint density at radius 2 is 1.97 bits per heavy atom. The molecule has 0 aliphatic rings. The van der Waals surface area contributed by atoms with E-state index in [2.05, 4.69) is 40.6 Å². The van der Waals surface area contributed by atoms with E-state index < -0.39 is 0 Å². The number of anilines is 2. The SMILES string of the molecule is O=c1c2c(Cl)cccc2nc(CNc2ncnc3nc[nH]c23)n1Nc1ccncc1. The minimum atomic E-state index is -0.311. The summed E-state index contributed by atoms with van der Waals surface area (Å²) in [5.74, 6) is 0.992. The minimum absolute atomic E-state index is 0.209. The second kappa shape index (κ2) is 7.41. The van der Waals surface area contributed by atoms with Gasteiger partial charge in [-0.1, -0.05) is 17.7 Å². The molecule has 0 aliphatic heterocycles. The Kier molecular flexibility index (Phi) is 4.45. The summed E-state index contributed by atoms with van der Waals surface area (Å²) in [6.45, 7) is 0.209. The highest BCUT2D eigenvalue weighted by Crippen LogP contribution is 2.20. The monoisotopic (exact) mass is 419 g/mol. The maximum atomic E-state index is 13.2. The number of benzene rings is 1. The minimum Gasteiger partial charge on any atom is -0.361 e. The van der Waals surface area contributed by atoms with Gasteiger partial charge in [0.15, 0.2) is 17.3 Å². The molecule has 148 valence electrons. The number of pyridine rings is 1. The van der Waals surface area contributed by atoms with Crippen LogP contribution in [-0.4, -0.2) is 34.6 Å². The summed E-state index contributed by atoms with van der Waals surface area (Å²) in [4.78, 5) is 37.4. The van der Waals surface area contributed by atoms with Gasteiger partial charge in [-0.05, 0) is 24.3 Å². The number of halogens is 1. The number of H-pyrrole nitrogens is 1. The lowest BCUT2D eigenvalue weighted by molar-refractivity contribution is 0.783. The van der Waals surface area contributed by atoms with Crippen LogP contribution in [0.25, 0.3) is 22.1 Å². The van der Waals surface area contributed by atoms with E-state index in [1.807, 2.05) is 0 Å². The number of hydrogen-bond acceptors (Lipinski definition) is 8. The maximum Gasteiger partial charge on any atom is 0.281 e. The van der Waals surface area contributed by atoms with Crippen molar-refractivity contribution in [3.63, 3.8) is 0 Å². The molecule has 0 atom stereocenters. The van der Waals surface area contributed by atoms with E-state index in [-0.39, 0.29) is 12.1 Å².